The smallest absolute Gasteiger partial charge is 0.237 e. The van der Waals surface area contributed by atoms with E-state index in [1.54, 1.807) is 12.1 Å². The average Bonchev–Trinajstić information content (AvgIpc) is 2.44. The topological polar surface area (TPSA) is 41.6 Å². The van der Waals surface area contributed by atoms with Gasteiger partial charge in [-0.25, -0.2) is 4.39 Å². The number of carbonyl (C=O) groups is 1. The van der Waals surface area contributed by atoms with E-state index in [-0.39, 0.29) is 30.0 Å². The molecule has 0 radical (unpaired) electrons. The van der Waals surface area contributed by atoms with Crippen molar-refractivity contribution in [3.05, 3.63) is 35.6 Å². The number of morpholine rings is 1. The molecule has 1 saturated heterocycles. The van der Waals surface area contributed by atoms with Gasteiger partial charge in [0.2, 0.25) is 5.91 Å². The van der Waals surface area contributed by atoms with E-state index in [2.05, 4.69) is 10.2 Å². The molecular formula is C16H23FN2O2. The molecule has 1 aromatic rings. The lowest BCUT2D eigenvalue weighted by atomic mass is 10.1. The molecule has 5 heteroatoms. The number of nitrogens with zero attached hydrogens (tertiary/aromatic N) is 1. The number of nitrogens with one attached hydrogen (secondary N) is 1. The molecule has 1 amide bonds. The standard InChI is InChI=1S/C16H23FN2O2/c1-11-9-19(10-12(2)21-11)13(3)16(20)18-8-14-4-6-15(17)7-5-14/h4-7,11-13H,8-10H2,1-3H3,(H,18,20). The van der Waals surface area contributed by atoms with Gasteiger partial charge in [0.1, 0.15) is 5.82 Å². The second-order valence-electron chi connectivity index (χ2n) is 5.73. The van der Waals surface area contributed by atoms with E-state index in [9.17, 15) is 9.18 Å². The van der Waals surface area contributed by atoms with Crippen LogP contribution in [0.4, 0.5) is 4.39 Å². The Bertz CT molecular complexity index is 468. The normalized spacial score (nSPS) is 24.6. The van der Waals surface area contributed by atoms with Crippen molar-refractivity contribution in [3.63, 3.8) is 0 Å². The molecule has 116 valence electrons. The highest BCUT2D eigenvalue weighted by molar-refractivity contribution is 5.81. The summed E-state index contributed by atoms with van der Waals surface area (Å²) in [6.07, 6.45) is 0.280. The van der Waals surface area contributed by atoms with Gasteiger partial charge in [-0.1, -0.05) is 12.1 Å². The van der Waals surface area contributed by atoms with Crippen LogP contribution in [0.3, 0.4) is 0 Å². The number of ether oxygens (including phenoxy) is 1. The molecule has 0 saturated carbocycles. The fourth-order valence-electron chi connectivity index (χ4n) is 2.64. The molecule has 0 aliphatic carbocycles. The number of halogens is 1. The summed E-state index contributed by atoms with van der Waals surface area (Å²) in [5.74, 6) is -0.282. The summed E-state index contributed by atoms with van der Waals surface area (Å²) in [6.45, 7) is 7.88. The molecule has 0 aromatic heterocycles. The highest BCUT2D eigenvalue weighted by Gasteiger charge is 2.28. The van der Waals surface area contributed by atoms with Gasteiger partial charge in [-0.3, -0.25) is 9.69 Å². The van der Waals surface area contributed by atoms with Gasteiger partial charge in [-0.2, -0.15) is 0 Å². The Morgan fingerprint density at radius 3 is 2.48 bits per heavy atom. The number of hydrogen-bond donors (Lipinski definition) is 1. The first-order valence-corrected chi connectivity index (χ1v) is 7.37. The van der Waals surface area contributed by atoms with Crippen molar-refractivity contribution < 1.29 is 13.9 Å². The Balaban J connectivity index is 1.86. The second-order valence-corrected chi connectivity index (χ2v) is 5.73. The zero-order valence-electron chi connectivity index (χ0n) is 12.8. The molecule has 0 bridgehead atoms. The first-order chi connectivity index (χ1) is 9.95. The van der Waals surface area contributed by atoms with E-state index in [0.29, 0.717) is 6.54 Å². The van der Waals surface area contributed by atoms with Gasteiger partial charge in [-0.15, -0.1) is 0 Å². The van der Waals surface area contributed by atoms with E-state index in [1.165, 1.54) is 12.1 Å². The van der Waals surface area contributed by atoms with Gasteiger partial charge in [0.25, 0.3) is 0 Å². The van der Waals surface area contributed by atoms with Crippen LogP contribution in [0, 0.1) is 5.82 Å². The molecule has 3 unspecified atom stereocenters. The van der Waals surface area contributed by atoms with Gasteiger partial charge in [0.15, 0.2) is 0 Å². The van der Waals surface area contributed by atoms with Crippen molar-refractivity contribution in [1.29, 1.82) is 0 Å². The van der Waals surface area contributed by atoms with Crippen LogP contribution in [0.15, 0.2) is 24.3 Å². The number of hydrogen-bond acceptors (Lipinski definition) is 3. The van der Waals surface area contributed by atoms with Crippen LogP contribution in [0.25, 0.3) is 0 Å². The fraction of sp³-hybridized carbons (Fsp3) is 0.562. The lowest BCUT2D eigenvalue weighted by molar-refractivity contribution is -0.131. The molecule has 4 nitrogen and oxygen atoms in total. The number of benzene rings is 1. The van der Waals surface area contributed by atoms with Gasteiger partial charge in [-0.05, 0) is 38.5 Å². The van der Waals surface area contributed by atoms with Gasteiger partial charge in [0, 0.05) is 19.6 Å². The minimum absolute atomic E-state index is 0.0133. The molecule has 1 aliphatic rings. The Labute approximate surface area is 125 Å². The first kappa shape index (κ1) is 15.9. The maximum Gasteiger partial charge on any atom is 0.237 e. The molecule has 3 atom stereocenters. The minimum atomic E-state index is -0.269. The van der Waals surface area contributed by atoms with Crippen LogP contribution in [0.2, 0.25) is 0 Å². The maximum atomic E-state index is 12.8. The van der Waals surface area contributed by atoms with Crippen molar-refractivity contribution in [2.75, 3.05) is 13.1 Å². The largest absolute Gasteiger partial charge is 0.373 e. The summed E-state index contributed by atoms with van der Waals surface area (Å²) in [7, 11) is 0. The van der Waals surface area contributed by atoms with E-state index < -0.39 is 0 Å². The zero-order chi connectivity index (χ0) is 15.4. The van der Waals surface area contributed by atoms with Crippen molar-refractivity contribution in [3.8, 4) is 0 Å². The Hall–Kier alpha value is -1.46. The van der Waals surface area contributed by atoms with Crippen molar-refractivity contribution in [1.82, 2.24) is 10.2 Å². The Kier molecular flexibility index (Phi) is 5.31. The first-order valence-electron chi connectivity index (χ1n) is 7.37. The summed E-state index contributed by atoms with van der Waals surface area (Å²) >= 11 is 0. The fourth-order valence-corrected chi connectivity index (χ4v) is 2.64. The molecule has 2 rings (SSSR count). The van der Waals surface area contributed by atoms with E-state index in [1.807, 2.05) is 20.8 Å². The molecule has 1 aliphatic heterocycles. The molecule has 1 N–H and O–H groups in total. The van der Waals surface area contributed by atoms with Gasteiger partial charge in [0.05, 0.1) is 18.2 Å². The Morgan fingerprint density at radius 2 is 1.90 bits per heavy atom. The van der Waals surface area contributed by atoms with Crippen LogP contribution >= 0.6 is 0 Å². The predicted molar refractivity (Wildman–Crippen MR) is 79.3 cm³/mol. The number of rotatable bonds is 4. The third-order valence-electron chi connectivity index (χ3n) is 3.76. The minimum Gasteiger partial charge on any atom is -0.373 e. The lowest BCUT2D eigenvalue weighted by Crippen LogP contribution is -2.53. The van der Waals surface area contributed by atoms with Crippen LogP contribution in [0.5, 0.6) is 0 Å². The summed E-state index contributed by atoms with van der Waals surface area (Å²) in [4.78, 5) is 14.4. The summed E-state index contributed by atoms with van der Waals surface area (Å²) in [5, 5.41) is 2.90. The second kappa shape index (κ2) is 7.00. The third kappa shape index (κ3) is 4.51. The van der Waals surface area contributed by atoms with Crippen LogP contribution in [0.1, 0.15) is 26.3 Å². The SMILES string of the molecule is CC1CN(C(C)C(=O)NCc2ccc(F)cc2)CC(C)O1. The average molecular weight is 294 g/mol. The predicted octanol–water partition coefficient (Wildman–Crippen LogP) is 1.94. The van der Waals surface area contributed by atoms with Crippen LogP contribution in [-0.2, 0) is 16.1 Å². The summed E-state index contributed by atoms with van der Waals surface area (Å²) in [5.41, 5.74) is 0.890. The zero-order valence-corrected chi connectivity index (χ0v) is 12.8. The van der Waals surface area contributed by atoms with Gasteiger partial charge < -0.3 is 10.1 Å². The summed E-state index contributed by atoms with van der Waals surface area (Å²) in [6, 6.07) is 5.96. The van der Waals surface area contributed by atoms with Crippen molar-refractivity contribution >= 4 is 5.91 Å². The molecule has 21 heavy (non-hydrogen) atoms. The van der Waals surface area contributed by atoms with E-state index in [0.717, 1.165) is 18.7 Å². The number of carbonyl (C=O) groups excluding carboxylic acids is 1. The lowest BCUT2D eigenvalue weighted by Gasteiger charge is -2.38. The van der Waals surface area contributed by atoms with Crippen LogP contribution < -0.4 is 5.32 Å². The van der Waals surface area contributed by atoms with Gasteiger partial charge >= 0.3 is 0 Å². The maximum absolute atomic E-state index is 12.8. The third-order valence-corrected chi connectivity index (χ3v) is 3.76. The monoisotopic (exact) mass is 294 g/mol. The van der Waals surface area contributed by atoms with E-state index in [4.69, 9.17) is 4.74 Å². The highest BCUT2D eigenvalue weighted by Crippen LogP contribution is 2.13. The molecule has 1 aromatic carbocycles. The Morgan fingerprint density at radius 1 is 1.33 bits per heavy atom. The number of amides is 1. The molecular weight excluding hydrogens is 271 g/mol. The van der Waals surface area contributed by atoms with Crippen LogP contribution in [-0.4, -0.2) is 42.1 Å². The molecule has 1 heterocycles. The van der Waals surface area contributed by atoms with Crippen molar-refractivity contribution in [2.24, 2.45) is 0 Å². The van der Waals surface area contributed by atoms with E-state index >= 15 is 0 Å². The van der Waals surface area contributed by atoms with Crippen molar-refractivity contribution in [2.45, 2.75) is 45.6 Å². The highest BCUT2D eigenvalue weighted by atomic mass is 19.1. The molecule has 1 fully saturated rings. The quantitative estimate of drug-likeness (QED) is 0.923. The molecule has 0 spiro atoms. The summed E-state index contributed by atoms with van der Waals surface area (Å²) < 4.78 is 18.5.